The summed E-state index contributed by atoms with van der Waals surface area (Å²) in [4.78, 5) is 0. The molecule has 136 valence electrons. The van der Waals surface area contributed by atoms with Crippen molar-refractivity contribution in [2.24, 2.45) is 0 Å². The van der Waals surface area contributed by atoms with Gasteiger partial charge >= 0.3 is 0 Å². The number of hydrogen-bond donors (Lipinski definition) is 2. The minimum atomic E-state index is -0.246. The van der Waals surface area contributed by atoms with Crippen molar-refractivity contribution in [3.63, 3.8) is 0 Å². The molecule has 0 heterocycles. The number of aromatic hydroxyl groups is 1. The minimum Gasteiger partial charge on any atom is -0.508 e. The summed E-state index contributed by atoms with van der Waals surface area (Å²) in [7, 11) is 6.18. The largest absolute Gasteiger partial charge is 0.508 e. The molecule has 2 rings (SSSR count). The van der Waals surface area contributed by atoms with Crippen molar-refractivity contribution in [3.8, 4) is 28.7 Å². The van der Waals surface area contributed by atoms with E-state index < -0.39 is 0 Å². The van der Waals surface area contributed by atoms with E-state index >= 15 is 0 Å². The van der Waals surface area contributed by atoms with Crippen LogP contribution < -0.4 is 18.9 Å². The number of benzene rings is 2. The van der Waals surface area contributed by atoms with Crippen LogP contribution in [-0.4, -0.2) is 45.3 Å². The van der Waals surface area contributed by atoms with Gasteiger partial charge in [-0.15, -0.1) is 0 Å². The van der Waals surface area contributed by atoms with Crippen molar-refractivity contribution >= 4 is 0 Å². The first-order valence-electron chi connectivity index (χ1n) is 7.87. The fraction of sp³-hybridized carbons (Fsp3) is 0.368. The monoisotopic (exact) mass is 348 g/mol. The molecule has 0 bridgehead atoms. The average Bonchev–Trinajstić information content (AvgIpc) is 2.65. The molecule has 1 unspecified atom stereocenters. The predicted molar refractivity (Wildman–Crippen MR) is 94.3 cm³/mol. The Kier molecular flexibility index (Phi) is 6.36. The number of ether oxygens (including phenoxy) is 4. The number of rotatable bonds is 8. The lowest BCUT2D eigenvalue weighted by molar-refractivity contribution is 0.280. The Labute approximate surface area is 147 Å². The topological polar surface area (TPSA) is 77.4 Å². The number of aliphatic hydroxyl groups is 1. The van der Waals surface area contributed by atoms with Crippen molar-refractivity contribution in [1.29, 1.82) is 0 Å². The summed E-state index contributed by atoms with van der Waals surface area (Å²) < 4.78 is 21.3. The third kappa shape index (κ3) is 3.91. The molecule has 0 saturated heterocycles. The maximum Gasteiger partial charge on any atom is 0.203 e. The van der Waals surface area contributed by atoms with Crippen molar-refractivity contribution in [2.45, 2.75) is 12.3 Å². The Hall–Kier alpha value is -2.60. The quantitative estimate of drug-likeness (QED) is 0.764. The van der Waals surface area contributed by atoms with Crippen molar-refractivity contribution in [3.05, 3.63) is 41.5 Å². The van der Waals surface area contributed by atoms with Crippen molar-refractivity contribution in [2.75, 3.05) is 35.0 Å². The van der Waals surface area contributed by atoms with Crippen LogP contribution in [0.3, 0.4) is 0 Å². The molecule has 6 nitrogen and oxygen atoms in total. The van der Waals surface area contributed by atoms with Crippen LogP contribution in [0.4, 0.5) is 0 Å². The highest BCUT2D eigenvalue weighted by molar-refractivity contribution is 5.56. The maximum absolute atomic E-state index is 10.4. The van der Waals surface area contributed by atoms with Gasteiger partial charge in [-0.05, 0) is 30.2 Å². The molecule has 25 heavy (non-hydrogen) atoms. The molecule has 0 aromatic heterocycles. The van der Waals surface area contributed by atoms with E-state index in [-0.39, 0.29) is 18.3 Å². The van der Waals surface area contributed by atoms with Gasteiger partial charge in [-0.3, -0.25) is 0 Å². The highest BCUT2D eigenvalue weighted by Crippen LogP contribution is 2.43. The van der Waals surface area contributed by atoms with E-state index in [9.17, 15) is 10.2 Å². The Morgan fingerprint density at radius 2 is 1.52 bits per heavy atom. The van der Waals surface area contributed by atoms with Crippen LogP contribution in [0.15, 0.2) is 30.3 Å². The van der Waals surface area contributed by atoms with Gasteiger partial charge in [-0.25, -0.2) is 0 Å². The second-order valence-electron chi connectivity index (χ2n) is 5.45. The predicted octanol–water partition coefficient (Wildman–Crippen LogP) is 2.94. The van der Waals surface area contributed by atoms with E-state index in [0.717, 1.165) is 5.56 Å². The molecule has 0 aliphatic heterocycles. The first kappa shape index (κ1) is 18.7. The lowest BCUT2D eigenvalue weighted by atomic mass is 9.87. The van der Waals surface area contributed by atoms with Crippen LogP contribution in [0.1, 0.15) is 23.5 Å². The summed E-state index contributed by atoms with van der Waals surface area (Å²) in [6, 6.07) is 8.77. The van der Waals surface area contributed by atoms with E-state index in [2.05, 4.69) is 0 Å². The highest BCUT2D eigenvalue weighted by Gasteiger charge is 2.22. The van der Waals surface area contributed by atoms with Crippen LogP contribution in [0.5, 0.6) is 28.7 Å². The van der Waals surface area contributed by atoms with E-state index in [1.54, 1.807) is 46.6 Å². The molecule has 2 aromatic rings. The van der Waals surface area contributed by atoms with Gasteiger partial charge < -0.3 is 29.2 Å². The molecule has 0 spiro atoms. The van der Waals surface area contributed by atoms with Crippen LogP contribution in [-0.2, 0) is 0 Å². The average molecular weight is 348 g/mol. The first-order valence-corrected chi connectivity index (χ1v) is 7.87. The minimum absolute atomic E-state index is 0.0349. The molecule has 0 amide bonds. The number of aliphatic hydroxyl groups excluding tert-OH is 1. The smallest absolute Gasteiger partial charge is 0.203 e. The van der Waals surface area contributed by atoms with Gasteiger partial charge in [0.25, 0.3) is 0 Å². The van der Waals surface area contributed by atoms with Crippen molar-refractivity contribution in [1.82, 2.24) is 0 Å². The van der Waals surface area contributed by atoms with Crippen LogP contribution in [0.25, 0.3) is 0 Å². The molecule has 0 radical (unpaired) electrons. The molecule has 0 fully saturated rings. The third-order valence-electron chi connectivity index (χ3n) is 4.12. The lowest BCUT2D eigenvalue weighted by Gasteiger charge is -2.21. The Morgan fingerprint density at radius 3 is 1.96 bits per heavy atom. The summed E-state index contributed by atoms with van der Waals surface area (Å²) >= 11 is 0. The molecule has 0 saturated carbocycles. The molecule has 0 aliphatic rings. The van der Waals surface area contributed by atoms with Gasteiger partial charge in [0.2, 0.25) is 5.75 Å². The highest BCUT2D eigenvalue weighted by atomic mass is 16.5. The first-order chi connectivity index (χ1) is 12.1. The zero-order chi connectivity index (χ0) is 18.4. The summed E-state index contributed by atoms with van der Waals surface area (Å²) in [6.45, 7) is -0.0349. The Balaban J connectivity index is 2.57. The summed E-state index contributed by atoms with van der Waals surface area (Å²) in [5, 5.41) is 19.9. The zero-order valence-electron chi connectivity index (χ0n) is 14.9. The summed E-state index contributed by atoms with van der Waals surface area (Å²) in [5.41, 5.74) is 1.52. The van der Waals surface area contributed by atoms with E-state index in [1.165, 1.54) is 0 Å². The van der Waals surface area contributed by atoms with Gasteiger partial charge in [0, 0.05) is 24.2 Å². The molecular formula is C19H24O6. The number of methoxy groups -OCH3 is 4. The molecular weight excluding hydrogens is 324 g/mol. The van der Waals surface area contributed by atoms with Crippen molar-refractivity contribution < 1.29 is 29.2 Å². The van der Waals surface area contributed by atoms with Gasteiger partial charge in [0.1, 0.15) is 11.5 Å². The fourth-order valence-electron chi connectivity index (χ4n) is 2.88. The summed E-state index contributed by atoms with van der Waals surface area (Å²) in [6.07, 6.45) is 0.429. The molecule has 2 N–H and O–H groups in total. The van der Waals surface area contributed by atoms with Gasteiger partial charge in [0.15, 0.2) is 11.5 Å². The normalized spacial score (nSPS) is 11.7. The number of phenols is 1. The molecule has 1 atom stereocenters. The van der Waals surface area contributed by atoms with E-state index in [0.29, 0.717) is 35.0 Å². The van der Waals surface area contributed by atoms with Gasteiger partial charge in [-0.1, -0.05) is 6.07 Å². The lowest BCUT2D eigenvalue weighted by Crippen LogP contribution is -2.06. The molecule has 6 heteroatoms. The second-order valence-corrected chi connectivity index (χ2v) is 5.45. The van der Waals surface area contributed by atoms with Crippen LogP contribution in [0.2, 0.25) is 0 Å². The SMILES string of the molecule is COc1ccc(C(CCO)c2cc(OC)c(OC)c(OC)c2)c(O)c1. The van der Waals surface area contributed by atoms with E-state index in [1.807, 2.05) is 12.1 Å². The van der Waals surface area contributed by atoms with Gasteiger partial charge in [0.05, 0.1) is 28.4 Å². The number of hydrogen-bond acceptors (Lipinski definition) is 6. The van der Waals surface area contributed by atoms with Crippen LogP contribution >= 0.6 is 0 Å². The maximum atomic E-state index is 10.4. The summed E-state index contributed by atoms with van der Waals surface area (Å²) in [5.74, 6) is 1.96. The van der Waals surface area contributed by atoms with Gasteiger partial charge in [-0.2, -0.15) is 0 Å². The van der Waals surface area contributed by atoms with Crippen LogP contribution in [0, 0.1) is 0 Å². The standard InChI is InChI=1S/C19H24O6/c1-22-13-5-6-15(16(21)11-13)14(7-8-20)12-9-17(23-2)19(25-4)18(10-12)24-3/h5-6,9-11,14,20-21H,7-8H2,1-4H3. The zero-order valence-corrected chi connectivity index (χ0v) is 14.9. The molecule has 2 aromatic carbocycles. The third-order valence-corrected chi connectivity index (χ3v) is 4.12. The second kappa shape index (κ2) is 8.48. The fourth-order valence-corrected chi connectivity index (χ4v) is 2.88. The number of phenolic OH excluding ortho intramolecular Hbond substituents is 1. The van der Waals surface area contributed by atoms with E-state index in [4.69, 9.17) is 18.9 Å². The Bertz CT molecular complexity index is 688. The Morgan fingerprint density at radius 1 is 0.880 bits per heavy atom. The molecule has 0 aliphatic carbocycles.